The molecule has 114 valence electrons. The number of carbonyl (C=O) groups is 1. The number of hydrogen-bond donors (Lipinski definition) is 1. The number of imidazole rings is 1. The second-order valence-electron chi connectivity index (χ2n) is 5.22. The van der Waals surface area contributed by atoms with Gasteiger partial charge in [0.1, 0.15) is 6.54 Å². The number of hydrogen-bond acceptors (Lipinski definition) is 3. The molecule has 1 aromatic carbocycles. The molecule has 0 aliphatic heterocycles. The summed E-state index contributed by atoms with van der Waals surface area (Å²) in [6, 6.07) is 11.4. The summed E-state index contributed by atoms with van der Waals surface area (Å²) in [4.78, 5) is 25.6. The Balaban J connectivity index is 1.83. The zero-order valence-electron chi connectivity index (χ0n) is 12.4. The third-order valence-electron chi connectivity index (χ3n) is 3.70. The Kier molecular flexibility index (Phi) is 3.85. The number of carbonyl (C=O) groups excluding carboxylic acids is 1. The number of aryl methyl sites for hydroxylation is 1. The van der Waals surface area contributed by atoms with Gasteiger partial charge in [0.15, 0.2) is 0 Å². The second-order valence-corrected chi connectivity index (χ2v) is 6.20. The number of rotatable bonds is 4. The van der Waals surface area contributed by atoms with Gasteiger partial charge in [-0.1, -0.05) is 18.2 Å². The fraction of sp³-hybridized carbons (Fsp3) is 0.250. The molecule has 0 aliphatic carbocycles. The summed E-state index contributed by atoms with van der Waals surface area (Å²) >= 11 is 1.60. The second kappa shape index (κ2) is 5.81. The molecule has 0 radical (unpaired) electrons. The van der Waals surface area contributed by atoms with E-state index in [-0.39, 0.29) is 24.2 Å². The van der Waals surface area contributed by atoms with E-state index in [4.69, 9.17) is 0 Å². The van der Waals surface area contributed by atoms with E-state index in [1.165, 1.54) is 4.57 Å². The number of nitrogens with zero attached hydrogens (tertiary/aromatic N) is 2. The molecule has 3 rings (SSSR count). The van der Waals surface area contributed by atoms with Crippen LogP contribution in [0.4, 0.5) is 0 Å². The standard InChI is InChI=1S/C16H17N3O2S/c1-11(14-8-5-9-22-14)17-15(20)10-19-13-7-4-3-6-12(13)18(2)16(19)21/h3-9,11H,10H2,1-2H3,(H,17,20). The van der Waals surface area contributed by atoms with Crippen LogP contribution >= 0.6 is 11.3 Å². The van der Waals surface area contributed by atoms with Gasteiger partial charge in [0.2, 0.25) is 5.91 Å². The summed E-state index contributed by atoms with van der Waals surface area (Å²) in [5, 5.41) is 4.91. The number of thiophene rings is 1. The van der Waals surface area contributed by atoms with Gasteiger partial charge >= 0.3 is 5.69 Å². The lowest BCUT2D eigenvalue weighted by Gasteiger charge is -2.12. The van der Waals surface area contributed by atoms with E-state index < -0.39 is 0 Å². The van der Waals surface area contributed by atoms with Crippen LogP contribution in [0, 0.1) is 0 Å². The van der Waals surface area contributed by atoms with Crippen molar-refractivity contribution in [3.8, 4) is 0 Å². The molecule has 0 bridgehead atoms. The van der Waals surface area contributed by atoms with Crippen molar-refractivity contribution in [3.63, 3.8) is 0 Å². The molecule has 2 aromatic heterocycles. The summed E-state index contributed by atoms with van der Waals surface area (Å²) in [6.07, 6.45) is 0. The smallest absolute Gasteiger partial charge is 0.329 e. The quantitative estimate of drug-likeness (QED) is 0.803. The SMILES string of the molecule is CC(NC(=O)Cn1c(=O)n(C)c2ccccc21)c1cccs1. The third kappa shape index (κ3) is 2.57. The van der Waals surface area contributed by atoms with E-state index in [1.54, 1.807) is 23.0 Å². The Bertz CT molecular complexity index is 861. The van der Waals surface area contributed by atoms with Crippen molar-refractivity contribution in [1.29, 1.82) is 0 Å². The minimum atomic E-state index is -0.180. The number of benzene rings is 1. The van der Waals surface area contributed by atoms with Crippen molar-refractivity contribution in [2.75, 3.05) is 0 Å². The zero-order valence-corrected chi connectivity index (χ0v) is 13.3. The molecule has 5 nitrogen and oxygen atoms in total. The van der Waals surface area contributed by atoms with Crippen molar-refractivity contribution in [1.82, 2.24) is 14.5 Å². The molecule has 6 heteroatoms. The monoisotopic (exact) mass is 315 g/mol. The van der Waals surface area contributed by atoms with E-state index in [2.05, 4.69) is 5.32 Å². The summed E-state index contributed by atoms with van der Waals surface area (Å²) in [5.74, 6) is -0.167. The molecule has 0 fully saturated rings. The average Bonchev–Trinajstić information content (AvgIpc) is 3.12. The maximum absolute atomic E-state index is 12.3. The van der Waals surface area contributed by atoms with Gasteiger partial charge in [-0.25, -0.2) is 4.79 Å². The van der Waals surface area contributed by atoms with Crippen LogP contribution in [0.1, 0.15) is 17.8 Å². The van der Waals surface area contributed by atoms with Crippen LogP contribution in [0.3, 0.4) is 0 Å². The topological polar surface area (TPSA) is 56.0 Å². The lowest BCUT2D eigenvalue weighted by molar-refractivity contribution is -0.122. The molecule has 22 heavy (non-hydrogen) atoms. The Hall–Kier alpha value is -2.34. The van der Waals surface area contributed by atoms with Crippen LogP contribution in [0.5, 0.6) is 0 Å². The van der Waals surface area contributed by atoms with Gasteiger partial charge in [-0.15, -0.1) is 11.3 Å². The van der Waals surface area contributed by atoms with Gasteiger partial charge in [0.25, 0.3) is 0 Å². The fourth-order valence-corrected chi connectivity index (χ4v) is 3.29. The van der Waals surface area contributed by atoms with E-state index in [1.807, 2.05) is 48.7 Å². The van der Waals surface area contributed by atoms with Crippen LogP contribution in [-0.4, -0.2) is 15.0 Å². The normalized spacial score (nSPS) is 12.5. The van der Waals surface area contributed by atoms with Crippen molar-refractivity contribution in [2.45, 2.75) is 19.5 Å². The Morgan fingerprint density at radius 3 is 2.64 bits per heavy atom. The molecule has 1 amide bonds. The molecule has 1 N–H and O–H groups in total. The first-order chi connectivity index (χ1) is 10.6. The maximum Gasteiger partial charge on any atom is 0.329 e. The first-order valence-electron chi connectivity index (χ1n) is 7.05. The first-order valence-corrected chi connectivity index (χ1v) is 7.93. The Morgan fingerprint density at radius 1 is 1.23 bits per heavy atom. The maximum atomic E-state index is 12.3. The largest absolute Gasteiger partial charge is 0.347 e. The van der Waals surface area contributed by atoms with Gasteiger partial charge < -0.3 is 5.32 Å². The third-order valence-corrected chi connectivity index (χ3v) is 4.76. The minimum Gasteiger partial charge on any atom is -0.347 e. The van der Waals surface area contributed by atoms with Crippen LogP contribution in [0.25, 0.3) is 11.0 Å². The van der Waals surface area contributed by atoms with Gasteiger partial charge in [-0.3, -0.25) is 13.9 Å². The average molecular weight is 315 g/mol. The lowest BCUT2D eigenvalue weighted by atomic mass is 10.2. The van der Waals surface area contributed by atoms with E-state index in [0.29, 0.717) is 0 Å². The predicted molar refractivity (Wildman–Crippen MR) is 88.1 cm³/mol. The van der Waals surface area contributed by atoms with E-state index in [9.17, 15) is 9.59 Å². The molecule has 1 unspecified atom stereocenters. The minimum absolute atomic E-state index is 0.0237. The number of aromatic nitrogens is 2. The highest BCUT2D eigenvalue weighted by Gasteiger charge is 2.15. The summed E-state index contributed by atoms with van der Waals surface area (Å²) < 4.78 is 3.07. The summed E-state index contributed by atoms with van der Waals surface area (Å²) in [5.41, 5.74) is 1.42. The molecule has 3 aromatic rings. The number of amides is 1. The van der Waals surface area contributed by atoms with Gasteiger partial charge in [0.05, 0.1) is 17.1 Å². The molecule has 0 saturated heterocycles. The number of fused-ring (bicyclic) bond motifs is 1. The van der Waals surface area contributed by atoms with Crippen molar-refractivity contribution < 1.29 is 4.79 Å². The highest BCUT2D eigenvalue weighted by molar-refractivity contribution is 7.10. The molecular formula is C16H17N3O2S. The number of nitrogens with one attached hydrogen (secondary N) is 1. The van der Waals surface area contributed by atoms with Crippen LogP contribution in [0.2, 0.25) is 0 Å². The Morgan fingerprint density at radius 2 is 1.95 bits per heavy atom. The summed E-state index contributed by atoms with van der Waals surface area (Å²) in [7, 11) is 1.72. The van der Waals surface area contributed by atoms with Gasteiger partial charge in [-0.2, -0.15) is 0 Å². The van der Waals surface area contributed by atoms with Crippen LogP contribution in [0.15, 0.2) is 46.6 Å². The van der Waals surface area contributed by atoms with Crippen molar-refractivity contribution >= 4 is 28.3 Å². The highest BCUT2D eigenvalue weighted by Crippen LogP contribution is 2.18. The van der Waals surface area contributed by atoms with E-state index >= 15 is 0 Å². The highest BCUT2D eigenvalue weighted by atomic mass is 32.1. The zero-order chi connectivity index (χ0) is 15.7. The van der Waals surface area contributed by atoms with Crippen LogP contribution in [-0.2, 0) is 18.4 Å². The summed E-state index contributed by atoms with van der Waals surface area (Å²) in [6.45, 7) is 1.96. The first kappa shape index (κ1) is 14.6. The van der Waals surface area contributed by atoms with Crippen molar-refractivity contribution in [2.24, 2.45) is 7.05 Å². The number of para-hydroxylation sites is 2. The molecular weight excluding hydrogens is 298 g/mol. The fourth-order valence-electron chi connectivity index (χ4n) is 2.56. The van der Waals surface area contributed by atoms with Gasteiger partial charge in [-0.05, 0) is 30.5 Å². The molecule has 2 heterocycles. The van der Waals surface area contributed by atoms with Crippen molar-refractivity contribution in [3.05, 3.63) is 57.1 Å². The molecule has 1 atom stereocenters. The van der Waals surface area contributed by atoms with E-state index in [0.717, 1.165) is 15.9 Å². The predicted octanol–water partition coefficient (Wildman–Crippen LogP) is 2.28. The van der Waals surface area contributed by atoms with Crippen LogP contribution < -0.4 is 11.0 Å². The Labute approximate surface area is 131 Å². The molecule has 0 aliphatic rings. The molecule has 0 saturated carbocycles. The van der Waals surface area contributed by atoms with Gasteiger partial charge in [0, 0.05) is 11.9 Å². The molecule has 0 spiro atoms. The lowest BCUT2D eigenvalue weighted by Crippen LogP contribution is -2.33.